The second-order valence-corrected chi connectivity index (χ2v) is 6.60. The van der Waals surface area contributed by atoms with Crippen molar-refractivity contribution in [2.24, 2.45) is 0 Å². The topological polar surface area (TPSA) is 98.7 Å². The summed E-state index contributed by atoms with van der Waals surface area (Å²) in [5.74, 6) is 7.01. The Kier molecular flexibility index (Phi) is 5.11. The molecule has 0 saturated heterocycles. The summed E-state index contributed by atoms with van der Waals surface area (Å²) in [4.78, 5) is 16.1. The van der Waals surface area contributed by atoms with E-state index < -0.39 is 0 Å². The maximum absolute atomic E-state index is 12.0. The fourth-order valence-corrected chi connectivity index (χ4v) is 2.81. The Labute approximate surface area is 150 Å². The van der Waals surface area contributed by atoms with Gasteiger partial charge in [-0.05, 0) is 28.1 Å². The van der Waals surface area contributed by atoms with Crippen LogP contribution in [0.2, 0.25) is 0 Å². The van der Waals surface area contributed by atoms with Crippen LogP contribution in [0, 0.1) is 0 Å². The maximum atomic E-state index is 12.0. The first kappa shape index (κ1) is 16.5. The van der Waals surface area contributed by atoms with Crippen molar-refractivity contribution in [3.63, 3.8) is 0 Å². The van der Waals surface area contributed by atoms with Gasteiger partial charge in [-0.15, -0.1) is 10.2 Å². The van der Waals surface area contributed by atoms with Crippen molar-refractivity contribution in [2.75, 3.05) is 16.9 Å². The van der Waals surface area contributed by atoms with Gasteiger partial charge in [-0.3, -0.25) is 4.79 Å². The molecule has 0 unspecified atom stereocenters. The minimum Gasteiger partial charge on any atom is -0.335 e. The van der Waals surface area contributed by atoms with E-state index in [0.29, 0.717) is 16.8 Å². The lowest BCUT2D eigenvalue weighted by atomic mass is 10.2. The molecule has 3 N–H and O–H groups in total. The van der Waals surface area contributed by atoms with E-state index in [9.17, 15) is 4.79 Å². The van der Waals surface area contributed by atoms with Crippen LogP contribution in [0.15, 0.2) is 58.3 Å². The van der Waals surface area contributed by atoms with E-state index >= 15 is 0 Å². The highest BCUT2D eigenvalue weighted by Crippen LogP contribution is 2.21. The maximum Gasteiger partial charge on any atom is 0.236 e. The van der Waals surface area contributed by atoms with Crippen molar-refractivity contribution in [2.45, 2.75) is 5.16 Å². The molecule has 24 heavy (non-hydrogen) atoms. The molecule has 0 fully saturated rings. The fourth-order valence-electron chi connectivity index (χ4n) is 1.92. The lowest BCUT2D eigenvalue weighted by Gasteiger charge is -2.05. The molecule has 3 rings (SSSR count). The van der Waals surface area contributed by atoms with Crippen molar-refractivity contribution in [1.29, 1.82) is 0 Å². The molecule has 122 valence electrons. The Morgan fingerprint density at radius 1 is 1.21 bits per heavy atom. The lowest BCUT2D eigenvalue weighted by molar-refractivity contribution is -0.113. The Bertz CT molecular complexity index is 837. The van der Waals surface area contributed by atoms with Crippen LogP contribution in [0.25, 0.3) is 11.4 Å². The van der Waals surface area contributed by atoms with Crippen LogP contribution in [0.1, 0.15) is 0 Å². The van der Waals surface area contributed by atoms with E-state index in [4.69, 9.17) is 5.84 Å². The monoisotopic (exact) mass is 404 g/mol. The second-order valence-electron chi connectivity index (χ2n) is 4.74. The fraction of sp³-hybridized carbons (Fsp3) is 0.0667. The normalized spacial score (nSPS) is 10.5. The van der Waals surface area contributed by atoms with Gasteiger partial charge in [-0.25, -0.2) is 9.66 Å². The van der Waals surface area contributed by atoms with E-state index in [1.807, 2.05) is 30.3 Å². The summed E-state index contributed by atoms with van der Waals surface area (Å²) in [6.07, 6.45) is 1.62. The minimum absolute atomic E-state index is 0.155. The Morgan fingerprint density at radius 2 is 2.00 bits per heavy atom. The molecular weight excluding hydrogens is 392 g/mol. The molecule has 2 heterocycles. The van der Waals surface area contributed by atoms with Gasteiger partial charge in [0.1, 0.15) is 5.82 Å². The van der Waals surface area contributed by atoms with Crippen molar-refractivity contribution >= 4 is 39.4 Å². The van der Waals surface area contributed by atoms with Gasteiger partial charge in [-0.1, -0.05) is 42.1 Å². The number of nitrogens with zero attached hydrogens (tertiary/aromatic N) is 4. The predicted octanol–water partition coefficient (Wildman–Crippen LogP) is 2.55. The number of amides is 1. The minimum atomic E-state index is -0.195. The number of thioether (sulfide) groups is 1. The van der Waals surface area contributed by atoms with Gasteiger partial charge in [0, 0.05) is 16.2 Å². The lowest BCUT2D eigenvalue weighted by Crippen LogP contribution is -2.17. The molecule has 0 spiro atoms. The Morgan fingerprint density at radius 3 is 2.71 bits per heavy atom. The first-order chi connectivity index (χ1) is 11.6. The van der Waals surface area contributed by atoms with E-state index in [-0.39, 0.29) is 11.7 Å². The molecule has 7 nitrogen and oxygen atoms in total. The molecule has 0 aliphatic carbocycles. The summed E-state index contributed by atoms with van der Waals surface area (Å²) in [5.41, 5.74) is 0.864. The molecule has 0 atom stereocenters. The number of nitrogens with two attached hydrogens (primary N) is 1. The van der Waals surface area contributed by atoms with E-state index in [1.165, 1.54) is 16.4 Å². The van der Waals surface area contributed by atoms with Crippen LogP contribution < -0.4 is 11.2 Å². The van der Waals surface area contributed by atoms with Gasteiger partial charge >= 0.3 is 0 Å². The van der Waals surface area contributed by atoms with Gasteiger partial charge in [-0.2, -0.15) is 0 Å². The quantitative estimate of drug-likeness (QED) is 0.500. The molecule has 1 amide bonds. The number of pyridine rings is 1. The van der Waals surface area contributed by atoms with E-state index in [2.05, 4.69) is 36.4 Å². The van der Waals surface area contributed by atoms with Crippen LogP contribution in [0.3, 0.4) is 0 Å². The molecule has 9 heteroatoms. The van der Waals surface area contributed by atoms with Crippen LogP contribution in [0.5, 0.6) is 0 Å². The number of nitrogens with one attached hydrogen (secondary N) is 1. The summed E-state index contributed by atoms with van der Waals surface area (Å²) >= 11 is 4.50. The number of halogens is 1. The van der Waals surface area contributed by atoms with Crippen molar-refractivity contribution in [3.8, 4) is 11.4 Å². The molecule has 0 bridgehead atoms. The summed E-state index contributed by atoms with van der Waals surface area (Å²) in [6, 6.07) is 13.0. The predicted molar refractivity (Wildman–Crippen MR) is 96.9 cm³/mol. The van der Waals surface area contributed by atoms with Crippen molar-refractivity contribution in [1.82, 2.24) is 19.9 Å². The zero-order valence-corrected chi connectivity index (χ0v) is 14.8. The highest BCUT2D eigenvalue weighted by atomic mass is 79.9. The number of rotatable bonds is 5. The summed E-state index contributed by atoms with van der Waals surface area (Å²) < 4.78 is 2.23. The van der Waals surface area contributed by atoms with Crippen LogP contribution >= 0.6 is 27.7 Å². The highest BCUT2D eigenvalue weighted by Gasteiger charge is 2.13. The number of benzene rings is 1. The van der Waals surface area contributed by atoms with Crippen LogP contribution in [-0.2, 0) is 4.79 Å². The molecule has 1 aromatic carbocycles. The van der Waals surface area contributed by atoms with Gasteiger partial charge in [0.15, 0.2) is 5.82 Å². The molecule has 0 aliphatic heterocycles. The highest BCUT2D eigenvalue weighted by molar-refractivity contribution is 9.10. The molecule has 3 aromatic rings. The van der Waals surface area contributed by atoms with Gasteiger partial charge in [0.05, 0.1) is 5.75 Å². The average molecular weight is 405 g/mol. The molecule has 0 saturated carbocycles. The Hall–Kier alpha value is -2.39. The van der Waals surface area contributed by atoms with Crippen LogP contribution in [-0.4, -0.2) is 31.5 Å². The first-order valence-electron chi connectivity index (χ1n) is 6.93. The number of anilines is 1. The molecule has 0 radical (unpaired) electrons. The third-order valence-electron chi connectivity index (χ3n) is 3.02. The molecular formula is C15H13BrN6OS. The summed E-state index contributed by atoms with van der Waals surface area (Å²) in [7, 11) is 0. The zero-order chi connectivity index (χ0) is 16.9. The largest absolute Gasteiger partial charge is 0.335 e. The standard InChI is InChI=1S/C15H13BrN6OS/c16-11-6-7-12(18-8-11)19-13(23)9-24-15-21-20-14(22(15)17)10-4-2-1-3-5-10/h1-8H,9,17H2,(H,18,19,23). The number of hydrogen-bond acceptors (Lipinski definition) is 6. The number of carbonyl (C=O) groups is 1. The van der Waals surface area contributed by atoms with Gasteiger partial charge in [0.2, 0.25) is 11.1 Å². The summed E-state index contributed by atoms with van der Waals surface area (Å²) in [5, 5.41) is 11.3. The Balaban J connectivity index is 1.62. The SMILES string of the molecule is Nn1c(SCC(=O)Nc2ccc(Br)cn2)nnc1-c1ccccc1. The number of nitrogen functional groups attached to an aromatic ring is 1. The van der Waals surface area contributed by atoms with Gasteiger partial charge in [0.25, 0.3) is 0 Å². The third-order valence-corrected chi connectivity index (χ3v) is 4.44. The van der Waals surface area contributed by atoms with Crippen molar-refractivity contribution < 1.29 is 4.79 Å². The molecule has 0 aliphatic rings. The zero-order valence-electron chi connectivity index (χ0n) is 12.4. The summed E-state index contributed by atoms with van der Waals surface area (Å²) in [6.45, 7) is 0. The number of aromatic nitrogens is 4. The van der Waals surface area contributed by atoms with Gasteiger partial charge < -0.3 is 11.2 Å². The third kappa shape index (κ3) is 3.92. The first-order valence-corrected chi connectivity index (χ1v) is 8.71. The number of hydrogen-bond donors (Lipinski definition) is 2. The average Bonchev–Trinajstić information content (AvgIpc) is 2.97. The van der Waals surface area contributed by atoms with E-state index in [0.717, 1.165) is 10.0 Å². The molecule has 2 aromatic heterocycles. The number of carbonyl (C=O) groups excluding carboxylic acids is 1. The van der Waals surface area contributed by atoms with E-state index in [1.54, 1.807) is 18.3 Å². The van der Waals surface area contributed by atoms with Crippen LogP contribution in [0.4, 0.5) is 5.82 Å². The van der Waals surface area contributed by atoms with Crippen molar-refractivity contribution in [3.05, 3.63) is 53.1 Å². The smallest absolute Gasteiger partial charge is 0.236 e. The second kappa shape index (κ2) is 7.45.